The summed E-state index contributed by atoms with van der Waals surface area (Å²) >= 11 is 0. The van der Waals surface area contributed by atoms with Crippen molar-refractivity contribution in [3.05, 3.63) is 54.1 Å². The topological polar surface area (TPSA) is 84.9 Å². The summed E-state index contributed by atoms with van der Waals surface area (Å²) in [5.74, 6) is 1.11. The summed E-state index contributed by atoms with van der Waals surface area (Å²) in [4.78, 5) is 12.3. The number of para-hydroxylation sites is 2. The van der Waals surface area contributed by atoms with Crippen LogP contribution < -0.4 is 19.1 Å². The zero-order valence-corrected chi connectivity index (χ0v) is 19.4. The highest BCUT2D eigenvalue weighted by Gasteiger charge is 2.21. The van der Waals surface area contributed by atoms with Gasteiger partial charge in [-0.25, -0.2) is 8.42 Å². The van der Waals surface area contributed by atoms with Gasteiger partial charge in [0.05, 0.1) is 24.6 Å². The average molecular weight is 449 g/mol. The summed E-state index contributed by atoms with van der Waals surface area (Å²) in [6.07, 6.45) is 1.74. The number of hydrogen-bond acceptors (Lipinski definition) is 5. The number of carbonyl (C=O) groups is 1. The van der Waals surface area contributed by atoms with Crippen LogP contribution in [-0.4, -0.2) is 46.4 Å². The van der Waals surface area contributed by atoms with Gasteiger partial charge in [0.2, 0.25) is 15.9 Å². The Morgan fingerprint density at radius 2 is 1.77 bits per heavy atom. The van der Waals surface area contributed by atoms with E-state index >= 15 is 0 Å². The molecule has 0 fully saturated rings. The molecule has 0 aliphatic rings. The van der Waals surface area contributed by atoms with Crippen molar-refractivity contribution in [2.24, 2.45) is 0 Å². The Morgan fingerprint density at radius 3 is 2.42 bits per heavy atom. The van der Waals surface area contributed by atoms with Gasteiger partial charge in [-0.05, 0) is 51.5 Å². The average Bonchev–Trinajstić information content (AvgIpc) is 2.71. The van der Waals surface area contributed by atoms with E-state index in [0.717, 1.165) is 17.6 Å². The first kappa shape index (κ1) is 24.5. The molecule has 1 N–H and O–H groups in total. The van der Waals surface area contributed by atoms with E-state index in [-0.39, 0.29) is 24.9 Å². The van der Waals surface area contributed by atoms with Crippen LogP contribution in [0.3, 0.4) is 0 Å². The van der Waals surface area contributed by atoms with Crippen molar-refractivity contribution in [3.63, 3.8) is 0 Å². The highest BCUT2D eigenvalue weighted by atomic mass is 32.2. The lowest BCUT2D eigenvalue weighted by atomic mass is 10.2. The third-order valence-electron chi connectivity index (χ3n) is 4.53. The fourth-order valence-corrected chi connectivity index (χ4v) is 4.00. The van der Waals surface area contributed by atoms with E-state index in [0.29, 0.717) is 31.1 Å². The normalized spacial score (nSPS) is 12.1. The minimum absolute atomic E-state index is 0.147. The first-order valence-electron chi connectivity index (χ1n) is 10.4. The molecule has 31 heavy (non-hydrogen) atoms. The fraction of sp³-hybridized carbons (Fsp3) is 0.435. The van der Waals surface area contributed by atoms with Crippen molar-refractivity contribution in [2.45, 2.75) is 39.7 Å². The SMILES string of the molecule is CCOc1ccccc1N(CCCC(=O)N[C@@H](C)COc1ccc(C)cc1)S(C)(=O)=O. The number of aryl methyl sites for hydroxylation is 1. The van der Waals surface area contributed by atoms with E-state index in [1.807, 2.05) is 45.0 Å². The van der Waals surface area contributed by atoms with Gasteiger partial charge < -0.3 is 14.8 Å². The Labute approximate surface area is 185 Å². The smallest absolute Gasteiger partial charge is 0.232 e. The van der Waals surface area contributed by atoms with Gasteiger partial charge in [-0.1, -0.05) is 29.8 Å². The number of amides is 1. The van der Waals surface area contributed by atoms with E-state index in [4.69, 9.17) is 9.47 Å². The van der Waals surface area contributed by atoms with E-state index < -0.39 is 10.0 Å². The van der Waals surface area contributed by atoms with Gasteiger partial charge in [-0.2, -0.15) is 0 Å². The van der Waals surface area contributed by atoms with Crippen molar-refractivity contribution < 1.29 is 22.7 Å². The Bertz CT molecular complexity index is 945. The molecule has 0 aliphatic carbocycles. The maximum atomic E-state index is 12.3. The predicted molar refractivity (Wildman–Crippen MR) is 123 cm³/mol. The van der Waals surface area contributed by atoms with Gasteiger partial charge in [0.15, 0.2) is 0 Å². The van der Waals surface area contributed by atoms with Crippen molar-refractivity contribution >= 4 is 21.6 Å². The van der Waals surface area contributed by atoms with Crippen molar-refractivity contribution in [1.82, 2.24) is 5.32 Å². The lowest BCUT2D eigenvalue weighted by Crippen LogP contribution is -2.37. The fourth-order valence-electron chi connectivity index (χ4n) is 3.03. The highest BCUT2D eigenvalue weighted by Crippen LogP contribution is 2.30. The first-order chi connectivity index (χ1) is 14.7. The molecule has 0 spiro atoms. The van der Waals surface area contributed by atoms with E-state index in [9.17, 15) is 13.2 Å². The van der Waals surface area contributed by atoms with Crippen molar-refractivity contribution in [3.8, 4) is 11.5 Å². The first-order valence-corrected chi connectivity index (χ1v) is 12.2. The van der Waals surface area contributed by atoms with Gasteiger partial charge in [-0.3, -0.25) is 9.10 Å². The second-order valence-electron chi connectivity index (χ2n) is 7.43. The molecule has 0 saturated carbocycles. The minimum Gasteiger partial charge on any atom is -0.492 e. The Morgan fingerprint density at radius 1 is 1.10 bits per heavy atom. The minimum atomic E-state index is -3.52. The number of benzene rings is 2. The number of hydrogen-bond donors (Lipinski definition) is 1. The van der Waals surface area contributed by atoms with Gasteiger partial charge >= 0.3 is 0 Å². The molecular formula is C23H32N2O5S. The van der Waals surface area contributed by atoms with E-state index in [2.05, 4.69) is 5.32 Å². The number of sulfonamides is 1. The number of nitrogens with zero attached hydrogens (tertiary/aromatic N) is 1. The van der Waals surface area contributed by atoms with Gasteiger partial charge in [0, 0.05) is 13.0 Å². The molecule has 1 amide bonds. The lowest BCUT2D eigenvalue weighted by Gasteiger charge is -2.24. The molecule has 0 aromatic heterocycles. The Hall–Kier alpha value is -2.74. The summed E-state index contributed by atoms with van der Waals surface area (Å²) in [7, 11) is -3.52. The van der Waals surface area contributed by atoms with Crippen LogP contribution in [0.2, 0.25) is 0 Å². The largest absolute Gasteiger partial charge is 0.492 e. The van der Waals surface area contributed by atoms with Crippen molar-refractivity contribution in [1.29, 1.82) is 0 Å². The summed E-state index contributed by atoms with van der Waals surface area (Å²) in [5.41, 5.74) is 1.63. The summed E-state index contributed by atoms with van der Waals surface area (Å²) in [6.45, 7) is 6.69. The molecule has 0 saturated heterocycles. The second kappa shape index (κ2) is 11.6. The predicted octanol–water partition coefficient (Wildman–Crippen LogP) is 3.52. The van der Waals surface area contributed by atoms with Crippen LogP contribution in [0.25, 0.3) is 0 Å². The van der Waals surface area contributed by atoms with E-state index in [1.165, 1.54) is 4.31 Å². The van der Waals surface area contributed by atoms with Crippen molar-refractivity contribution in [2.75, 3.05) is 30.3 Å². The molecule has 2 rings (SSSR count). The van der Waals surface area contributed by atoms with Crippen LogP contribution in [0.4, 0.5) is 5.69 Å². The molecule has 8 heteroatoms. The summed E-state index contributed by atoms with van der Waals surface area (Å²) in [6, 6.07) is 14.6. The molecule has 2 aromatic carbocycles. The van der Waals surface area contributed by atoms with Crippen LogP contribution in [0, 0.1) is 6.92 Å². The molecule has 0 bridgehead atoms. The maximum absolute atomic E-state index is 12.3. The Balaban J connectivity index is 1.86. The van der Waals surface area contributed by atoms with E-state index in [1.54, 1.807) is 24.3 Å². The highest BCUT2D eigenvalue weighted by molar-refractivity contribution is 7.92. The lowest BCUT2D eigenvalue weighted by molar-refractivity contribution is -0.121. The third-order valence-corrected chi connectivity index (χ3v) is 5.71. The molecule has 2 aromatic rings. The third kappa shape index (κ3) is 8.13. The number of ether oxygens (including phenoxy) is 2. The molecule has 0 unspecified atom stereocenters. The van der Waals surface area contributed by atoms with Crippen LogP contribution in [0.1, 0.15) is 32.3 Å². The molecule has 1 atom stereocenters. The molecule has 0 aliphatic heterocycles. The monoisotopic (exact) mass is 448 g/mol. The zero-order valence-electron chi connectivity index (χ0n) is 18.6. The second-order valence-corrected chi connectivity index (χ2v) is 9.34. The standard InChI is InChI=1S/C23H32N2O5S/c1-5-29-22-10-7-6-9-21(22)25(31(4,27)28)16-8-11-23(26)24-19(3)17-30-20-14-12-18(2)13-15-20/h6-7,9-10,12-15,19H,5,8,11,16-17H2,1-4H3,(H,24,26)/t19-/m0/s1. The van der Waals surface area contributed by atoms with Gasteiger partial charge in [0.1, 0.15) is 18.1 Å². The zero-order chi connectivity index (χ0) is 22.9. The molecule has 7 nitrogen and oxygen atoms in total. The number of anilines is 1. The van der Waals surface area contributed by atoms with Crippen LogP contribution in [0.15, 0.2) is 48.5 Å². The molecular weight excluding hydrogens is 416 g/mol. The van der Waals surface area contributed by atoms with Gasteiger partial charge in [-0.15, -0.1) is 0 Å². The number of carbonyl (C=O) groups excluding carboxylic acids is 1. The Kier molecular flexibility index (Phi) is 9.18. The number of rotatable bonds is 12. The molecule has 170 valence electrons. The summed E-state index contributed by atoms with van der Waals surface area (Å²) < 4.78 is 37.2. The summed E-state index contributed by atoms with van der Waals surface area (Å²) in [5, 5.41) is 2.89. The molecule has 0 radical (unpaired) electrons. The van der Waals surface area contributed by atoms with Gasteiger partial charge in [0.25, 0.3) is 0 Å². The molecule has 0 heterocycles. The van der Waals surface area contributed by atoms with Crippen LogP contribution >= 0.6 is 0 Å². The quantitative estimate of drug-likeness (QED) is 0.537. The van der Waals surface area contributed by atoms with Crippen LogP contribution in [-0.2, 0) is 14.8 Å². The number of nitrogens with one attached hydrogen (secondary N) is 1. The maximum Gasteiger partial charge on any atom is 0.232 e. The van der Waals surface area contributed by atoms with Crippen LogP contribution in [0.5, 0.6) is 11.5 Å².